The Morgan fingerprint density at radius 3 is 2.11 bits per heavy atom. The van der Waals surface area contributed by atoms with E-state index < -0.39 is 11.8 Å². The topological polar surface area (TPSA) is 64.7 Å². The van der Waals surface area contributed by atoms with Crippen molar-refractivity contribution in [3.8, 4) is 0 Å². The van der Waals surface area contributed by atoms with E-state index in [9.17, 15) is 9.59 Å². The van der Waals surface area contributed by atoms with E-state index in [2.05, 4.69) is 10.6 Å². The summed E-state index contributed by atoms with van der Waals surface area (Å²) in [5.41, 5.74) is 4.86. The van der Waals surface area contributed by atoms with Gasteiger partial charge in [-0.2, -0.15) is 0 Å². The minimum atomic E-state index is -0.660. The summed E-state index contributed by atoms with van der Waals surface area (Å²) in [7, 11) is 7.89. The number of anilines is 2. The molecule has 0 aromatic heterocycles. The molecule has 0 unspecified atom stereocenters. The lowest BCUT2D eigenvalue weighted by Crippen LogP contribution is -2.40. The Morgan fingerprint density at radius 1 is 0.929 bits per heavy atom. The fraction of sp³-hybridized carbons (Fsp3) is 0.364. The maximum Gasteiger partial charge on any atom is 0.313 e. The zero-order valence-corrected chi connectivity index (χ0v) is 17.5. The van der Waals surface area contributed by atoms with Crippen molar-refractivity contribution in [3.05, 3.63) is 59.2 Å². The van der Waals surface area contributed by atoms with Crippen LogP contribution in [0.2, 0.25) is 0 Å². The summed E-state index contributed by atoms with van der Waals surface area (Å²) < 4.78 is 0. The molecular formula is C22H30N4O2. The van der Waals surface area contributed by atoms with Crippen LogP contribution in [0.4, 0.5) is 11.4 Å². The summed E-state index contributed by atoms with van der Waals surface area (Å²) in [5.74, 6) is -1.30. The van der Waals surface area contributed by atoms with Crippen molar-refractivity contribution in [1.29, 1.82) is 0 Å². The molecule has 6 heteroatoms. The van der Waals surface area contributed by atoms with Crippen LogP contribution >= 0.6 is 0 Å². The predicted molar refractivity (Wildman–Crippen MR) is 115 cm³/mol. The molecule has 150 valence electrons. The number of likely N-dealkylation sites (N-methyl/N-ethyl adjacent to an activating group) is 1. The van der Waals surface area contributed by atoms with E-state index in [4.69, 9.17) is 0 Å². The summed E-state index contributed by atoms with van der Waals surface area (Å²) in [5, 5.41) is 5.43. The van der Waals surface area contributed by atoms with Crippen LogP contribution < -0.4 is 15.5 Å². The second-order valence-electron chi connectivity index (χ2n) is 7.45. The van der Waals surface area contributed by atoms with Crippen LogP contribution in [-0.4, -0.2) is 51.4 Å². The predicted octanol–water partition coefficient (Wildman–Crippen LogP) is 2.73. The molecule has 2 aromatic rings. The van der Waals surface area contributed by atoms with E-state index >= 15 is 0 Å². The lowest BCUT2D eigenvalue weighted by Gasteiger charge is -2.25. The van der Waals surface area contributed by atoms with Crippen LogP contribution in [0.15, 0.2) is 42.5 Å². The zero-order valence-electron chi connectivity index (χ0n) is 17.5. The second kappa shape index (κ2) is 9.37. The van der Waals surface area contributed by atoms with Gasteiger partial charge in [0.1, 0.15) is 0 Å². The van der Waals surface area contributed by atoms with Gasteiger partial charge in [0.25, 0.3) is 0 Å². The van der Waals surface area contributed by atoms with E-state index in [1.165, 1.54) is 0 Å². The first-order chi connectivity index (χ1) is 13.2. The molecule has 0 saturated heterocycles. The van der Waals surface area contributed by atoms with Crippen molar-refractivity contribution < 1.29 is 9.59 Å². The highest BCUT2D eigenvalue weighted by atomic mass is 16.2. The van der Waals surface area contributed by atoms with Crippen molar-refractivity contribution in [2.24, 2.45) is 0 Å². The summed E-state index contributed by atoms with van der Waals surface area (Å²) in [6.45, 7) is 4.23. The Hall–Kier alpha value is -2.86. The quantitative estimate of drug-likeness (QED) is 0.754. The fourth-order valence-corrected chi connectivity index (χ4v) is 3.00. The normalized spacial score (nSPS) is 11.8. The van der Waals surface area contributed by atoms with Crippen molar-refractivity contribution in [2.45, 2.75) is 19.9 Å². The number of nitrogens with zero attached hydrogens (tertiary/aromatic N) is 2. The number of hydrogen-bond acceptors (Lipinski definition) is 4. The molecule has 0 aliphatic carbocycles. The third-order valence-corrected chi connectivity index (χ3v) is 4.71. The molecule has 0 saturated carbocycles. The first-order valence-corrected chi connectivity index (χ1v) is 9.29. The summed E-state index contributed by atoms with van der Waals surface area (Å²) >= 11 is 0. The standard InChI is InChI=1S/C22H30N4O2/c1-15-7-12-19(16(2)13-15)24-22(28)21(27)23-14-20(26(5)6)17-8-10-18(11-9-17)25(3)4/h7-13,20H,14H2,1-6H3,(H,23,27)(H,24,28)/t20-/m0/s1. The van der Waals surface area contributed by atoms with Crippen molar-refractivity contribution in [3.63, 3.8) is 0 Å². The molecule has 0 spiro atoms. The zero-order chi connectivity index (χ0) is 20.8. The number of benzene rings is 2. The van der Waals surface area contributed by atoms with Crippen LogP contribution in [0, 0.1) is 13.8 Å². The van der Waals surface area contributed by atoms with E-state index in [1.807, 2.05) is 94.3 Å². The van der Waals surface area contributed by atoms with Gasteiger partial charge >= 0.3 is 11.8 Å². The van der Waals surface area contributed by atoms with E-state index in [0.29, 0.717) is 12.2 Å². The van der Waals surface area contributed by atoms with Crippen LogP contribution in [0.5, 0.6) is 0 Å². The summed E-state index contributed by atoms with van der Waals surface area (Å²) in [6.07, 6.45) is 0. The number of nitrogens with one attached hydrogen (secondary N) is 2. The van der Waals surface area contributed by atoms with E-state index in [0.717, 1.165) is 22.4 Å². The summed E-state index contributed by atoms with van der Waals surface area (Å²) in [6, 6.07) is 13.8. The maximum atomic E-state index is 12.3. The van der Waals surface area contributed by atoms with Gasteiger partial charge in [-0.25, -0.2) is 0 Å². The van der Waals surface area contributed by atoms with Crippen molar-refractivity contribution >= 4 is 23.2 Å². The Balaban J connectivity index is 2.00. The highest BCUT2D eigenvalue weighted by molar-refractivity contribution is 6.39. The molecule has 28 heavy (non-hydrogen) atoms. The smallest absolute Gasteiger partial charge is 0.313 e. The number of carbonyl (C=O) groups is 2. The Labute approximate surface area is 167 Å². The van der Waals surface area contributed by atoms with Gasteiger partial charge in [0.2, 0.25) is 0 Å². The van der Waals surface area contributed by atoms with E-state index in [-0.39, 0.29) is 6.04 Å². The number of rotatable bonds is 6. The molecule has 0 aliphatic rings. The molecule has 2 rings (SSSR count). The molecule has 2 N–H and O–H groups in total. The molecule has 0 aliphatic heterocycles. The lowest BCUT2D eigenvalue weighted by molar-refractivity contribution is -0.136. The van der Waals surface area contributed by atoms with Gasteiger partial charge in [-0.3, -0.25) is 9.59 Å². The fourth-order valence-electron chi connectivity index (χ4n) is 3.00. The number of hydrogen-bond donors (Lipinski definition) is 2. The average molecular weight is 383 g/mol. The molecule has 1 atom stereocenters. The molecule has 0 fully saturated rings. The largest absolute Gasteiger partial charge is 0.378 e. The second-order valence-corrected chi connectivity index (χ2v) is 7.45. The minimum Gasteiger partial charge on any atom is -0.378 e. The van der Waals surface area contributed by atoms with Gasteiger partial charge < -0.3 is 20.4 Å². The van der Waals surface area contributed by atoms with Crippen molar-refractivity contribution in [1.82, 2.24) is 10.2 Å². The number of carbonyl (C=O) groups excluding carboxylic acids is 2. The van der Waals surface area contributed by atoms with Crippen LogP contribution in [0.25, 0.3) is 0 Å². The third kappa shape index (κ3) is 5.57. The molecule has 0 radical (unpaired) electrons. The van der Waals surface area contributed by atoms with Gasteiger partial charge in [-0.1, -0.05) is 29.8 Å². The Kier molecular flexibility index (Phi) is 7.18. The highest BCUT2D eigenvalue weighted by Gasteiger charge is 2.19. The first-order valence-electron chi connectivity index (χ1n) is 9.29. The van der Waals surface area contributed by atoms with Crippen LogP contribution in [0.1, 0.15) is 22.7 Å². The monoisotopic (exact) mass is 382 g/mol. The molecular weight excluding hydrogens is 352 g/mol. The Bertz CT molecular complexity index is 829. The molecule has 0 bridgehead atoms. The van der Waals surface area contributed by atoms with E-state index in [1.54, 1.807) is 0 Å². The van der Waals surface area contributed by atoms with Gasteiger partial charge in [-0.05, 0) is 57.3 Å². The van der Waals surface area contributed by atoms with Gasteiger partial charge in [-0.15, -0.1) is 0 Å². The maximum absolute atomic E-state index is 12.3. The lowest BCUT2D eigenvalue weighted by atomic mass is 10.1. The number of aryl methyl sites for hydroxylation is 2. The number of amides is 2. The average Bonchev–Trinajstić information content (AvgIpc) is 2.64. The van der Waals surface area contributed by atoms with Crippen molar-refractivity contribution in [2.75, 3.05) is 45.0 Å². The van der Waals surface area contributed by atoms with Crippen LogP contribution in [-0.2, 0) is 9.59 Å². The van der Waals surface area contributed by atoms with Crippen LogP contribution in [0.3, 0.4) is 0 Å². The molecule has 6 nitrogen and oxygen atoms in total. The van der Waals surface area contributed by atoms with Gasteiger partial charge in [0.05, 0.1) is 6.04 Å². The van der Waals surface area contributed by atoms with Gasteiger partial charge in [0.15, 0.2) is 0 Å². The minimum absolute atomic E-state index is 0.0333. The molecule has 2 aromatic carbocycles. The van der Waals surface area contributed by atoms with Gasteiger partial charge in [0, 0.05) is 32.0 Å². The highest BCUT2D eigenvalue weighted by Crippen LogP contribution is 2.21. The molecule has 0 heterocycles. The molecule has 2 amide bonds. The Morgan fingerprint density at radius 2 is 1.57 bits per heavy atom. The first kappa shape index (κ1) is 21.4. The third-order valence-electron chi connectivity index (χ3n) is 4.71. The SMILES string of the molecule is Cc1ccc(NC(=O)C(=O)NC[C@@H](c2ccc(N(C)C)cc2)N(C)C)c(C)c1. The summed E-state index contributed by atoms with van der Waals surface area (Å²) in [4.78, 5) is 28.6.